The highest BCUT2D eigenvalue weighted by Gasteiger charge is 2.24. The lowest BCUT2D eigenvalue weighted by Crippen LogP contribution is -2.33. The van der Waals surface area contributed by atoms with Crippen molar-refractivity contribution in [1.82, 2.24) is 4.90 Å². The molecule has 3 aromatic carbocycles. The molecule has 1 atom stereocenters. The molecule has 1 saturated heterocycles. The molecule has 7 nitrogen and oxygen atoms in total. The van der Waals surface area contributed by atoms with Crippen LogP contribution in [0.2, 0.25) is 0 Å². The van der Waals surface area contributed by atoms with Crippen molar-refractivity contribution in [3.63, 3.8) is 0 Å². The molecule has 0 saturated carbocycles. The minimum Gasteiger partial charge on any atom is -0.494 e. The molecule has 3 N–H and O–H groups in total. The number of rotatable bonds is 9. The maximum Gasteiger partial charge on any atom is 0.255 e. The second-order valence-electron chi connectivity index (χ2n) is 8.27. The second kappa shape index (κ2) is 11.3. The van der Waals surface area contributed by atoms with E-state index in [4.69, 9.17) is 4.74 Å². The van der Waals surface area contributed by atoms with E-state index in [2.05, 4.69) is 33.0 Å². The van der Waals surface area contributed by atoms with E-state index < -0.39 is 0 Å². The van der Waals surface area contributed by atoms with Crippen molar-refractivity contribution >= 4 is 28.9 Å². The SMILES string of the molecule is CCOc1ccc(NC(=O)c2ccc(NC(=O)CN3CCC(Nc4ccccc4)C3)cc2)cc1. The smallest absolute Gasteiger partial charge is 0.255 e. The first kappa shape index (κ1) is 23.3. The molecular formula is C27H30N4O3. The van der Waals surface area contributed by atoms with Crippen molar-refractivity contribution < 1.29 is 14.3 Å². The highest BCUT2D eigenvalue weighted by molar-refractivity contribution is 6.04. The molecule has 0 spiro atoms. The zero-order chi connectivity index (χ0) is 23.8. The van der Waals surface area contributed by atoms with Crippen LogP contribution < -0.4 is 20.7 Å². The number of nitrogens with one attached hydrogen (secondary N) is 3. The number of para-hydroxylation sites is 1. The summed E-state index contributed by atoms with van der Waals surface area (Å²) in [4.78, 5) is 27.2. The first-order chi connectivity index (χ1) is 16.6. The maximum absolute atomic E-state index is 12.5. The van der Waals surface area contributed by atoms with Gasteiger partial charge in [0, 0.05) is 41.8 Å². The third kappa shape index (κ3) is 6.59. The molecule has 7 heteroatoms. The van der Waals surface area contributed by atoms with Gasteiger partial charge in [-0.2, -0.15) is 0 Å². The normalized spacial score (nSPS) is 15.5. The summed E-state index contributed by atoms with van der Waals surface area (Å²) in [6, 6.07) is 24.6. The Labute approximate surface area is 200 Å². The van der Waals surface area contributed by atoms with E-state index in [1.165, 1.54) is 0 Å². The topological polar surface area (TPSA) is 82.7 Å². The van der Waals surface area contributed by atoms with Crippen LogP contribution in [0.1, 0.15) is 23.7 Å². The minimum atomic E-state index is -0.212. The van der Waals surface area contributed by atoms with Gasteiger partial charge >= 0.3 is 0 Å². The first-order valence-corrected chi connectivity index (χ1v) is 11.6. The average Bonchev–Trinajstić information content (AvgIpc) is 3.28. The average molecular weight is 459 g/mol. The van der Waals surface area contributed by atoms with Gasteiger partial charge in [0.25, 0.3) is 5.91 Å². The molecule has 0 radical (unpaired) electrons. The summed E-state index contributed by atoms with van der Waals surface area (Å²) in [6.45, 7) is 4.56. The van der Waals surface area contributed by atoms with Crippen molar-refractivity contribution in [1.29, 1.82) is 0 Å². The molecule has 4 rings (SSSR count). The largest absolute Gasteiger partial charge is 0.494 e. The lowest BCUT2D eigenvalue weighted by molar-refractivity contribution is -0.117. The number of hydrogen-bond acceptors (Lipinski definition) is 5. The molecule has 1 fully saturated rings. The fourth-order valence-electron chi connectivity index (χ4n) is 3.98. The molecule has 2 amide bonds. The van der Waals surface area contributed by atoms with Gasteiger partial charge in [-0.3, -0.25) is 14.5 Å². The summed E-state index contributed by atoms with van der Waals surface area (Å²) in [5.41, 5.74) is 2.98. The molecule has 1 heterocycles. The van der Waals surface area contributed by atoms with E-state index in [9.17, 15) is 9.59 Å². The molecule has 1 aliphatic heterocycles. The lowest BCUT2D eigenvalue weighted by Gasteiger charge is -2.17. The fourth-order valence-corrected chi connectivity index (χ4v) is 3.98. The first-order valence-electron chi connectivity index (χ1n) is 11.6. The summed E-state index contributed by atoms with van der Waals surface area (Å²) in [7, 11) is 0. The van der Waals surface area contributed by atoms with Gasteiger partial charge in [0.1, 0.15) is 5.75 Å². The number of carbonyl (C=O) groups excluding carboxylic acids is 2. The third-order valence-corrected chi connectivity index (χ3v) is 5.64. The lowest BCUT2D eigenvalue weighted by atomic mass is 10.2. The van der Waals surface area contributed by atoms with Crippen LogP contribution in [-0.4, -0.2) is 49.0 Å². The van der Waals surface area contributed by atoms with Gasteiger partial charge in [0.15, 0.2) is 0 Å². The number of anilines is 3. The van der Waals surface area contributed by atoms with Crippen molar-refractivity contribution in [3.8, 4) is 5.75 Å². The quantitative estimate of drug-likeness (QED) is 0.441. The molecule has 0 aliphatic carbocycles. The Morgan fingerprint density at radius 1 is 0.882 bits per heavy atom. The summed E-state index contributed by atoms with van der Waals surface area (Å²) in [5, 5.41) is 9.30. The van der Waals surface area contributed by atoms with Gasteiger partial charge in [-0.15, -0.1) is 0 Å². The zero-order valence-corrected chi connectivity index (χ0v) is 19.3. The molecule has 1 aliphatic rings. The number of amides is 2. The van der Waals surface area contributed by atoms with Crippen molar-refractivity contribution in [2.45, 2.75) is 19.4 Å². The fraction of sp³-hybridized carbons (Fsp3) is 0.259. The van der Waals surface area contributed by atoms with Crippen molar-refractivity contribution in [2.24, 2.45) is 0 Å². The molecule has 0 aromatic heterocycles. The van der Waals surface area contributed by atoms with E-state index in [0.29, 0.717) is 36.1 Å². The van der Waals surface area contributed by atoms with Crippen LogP contribution in [0.25, 0.3) is 0 Å². The minimum absolute atomic E-state index is 0.0630. The number of hydrogen-bond donors (Lipinski definition) is 3. The summed E-state index contributed by atoms with van der Waals surface area (Å²) in [5.74, 6) is 0.487. The van der Waals surface area contributed by atoms with E-state index in [1.54, 1.807) is 36.4 Å². The molecule has 0 bridgehead atoms. The highest BCUT2D eigenvalue weighted by Crippen LogP contribution is 2.18. The Balaban J connectivity index is 1.23. The maximum atomic E-state index is 12.5. The van der Waals surface area contributed by atoms with Crippen LogP contribution in [0.5, 0.6) is 5.75 Å². The predicted octanol–water partition coefficient (Wildman–Crippen LogP) is 4.46. The number of ether oxygens (including phenoxy) is 1. The Kier molecular flexibility index (Phi) is 7.78. The molecule has 34 heavy (non-hydrogen) atoms. The van der Waals surface area contributed by atoms with Gasteiger partial charge in [-0.1, -0.05) is 18.2 Å². The van der Waals surface area contributed by atoms with E-state index in [-0.39, 0.29) is 11.8 Å². The van der Waals surface area contributed by atoms with Crippen LogP contribution in [-0.2, 0) is 4.79 Å². The standard InChI is InChI=1S/C27H30N4O3/c1-2-34-25-14-12-23(13-15-25)30-27(33)20-8-10-22(11-9-20)29-26(32)19-31-17-16-24(18-31)28-21-6-4-3-5-7-21/h3-15,24,28H,2,16-19H2,1H3,(H,29,32)(H,30,33). The van der Waals surface area contributed by atoms with Crippen molar-refractivity contribution in [2.75, 3.05) is 42.2 Å². The van der Waals surface area contributed by atoms with Gasteiger partial charge in [0.05, 0.1) is 13.2 Å². The Bertz CT molecular complexity index is 1090. The number of nitrogens with zero attached hydrogens (tertiary/aromatic N) is 1. The number of likely N-dealkylation sites (tertiary alicyclic amines) is 1. The third-order valence-electron chi connectivity index (χ3n) is 5.64. The van der Waals surface area contributed by atoms with Crippen LogP contribution in [0.3, 0.4) is 0 Å². The van der Waals surface area contributed by atoms with E-state index in [0.717, 1.165) is 30.9 Å². The molecule has 3 aromatic rings. The van der Waals surface area contributed by atoms with Gasteiger partial charge < -0.3 is 20.7 Å². The van der Waals surface area contributed by atoms with Gasteiger partial charge in [0.2, 0.25) is 5.91 Å². The van der Waals surface area contributed by atoms with Crippen LogP contribution in [0.15, 0.2) is 78.9 Å². The summed E-state index contributed by atoms with van der Waals surface area (Å²) in [6.07, 6.45) is 1.00. The molecule has 176 valence electrons. The van der Waals surface area contributed by atoms with Gasteiger partial charge in [-0.05, 0) is 74.0 Å². The predicted molar refractivity (Wildman–Crippen MR) is 136 cm³/mol. The monoisotopic (exact) mass is 458 g/mol. The van der Waals surface area contributed by atoms with Crippen LogP contribution in [0, 0.1) is 0 Å². The van der Waals surface area contributed by atoms with E-state index in [1.807, 2.05) is 37.3 Å². The van der Waals surface area contributed by atoms with E-state index >= 15 is 0 Å². The Hall–Kier alpha value is -3.84. The number of carbonyl (C=O) groups is 2. The highest BCUT2D eigenvalue weighted by atomic mass is 16.5. The molecular weight excluding hydrogens is 428 g/mol. The summed E-state index contributed by atoms with van der Waals surface area (Å²) < 4.78 is 5.41. The number of benzene rings is 3. The van der Waals surface area contributed by atoms with Crippen molar-refractivity contribution in [3.05, 3.63) is 84.4 Å². The molecule has 1 unspecified atom stereocenters. The Morgan fingerprint density at radius 3 is 2.26 bits per heavy atom. The summed E-state index contributed by atoms with van der Waals surface area (Å²) >= 11 is 0. The zero-order valence-electron chi connectivity index (χ0n) is 19.3. The second-order valence-corrected chi connectivity index (χ2v) is 8.27. The van der Waals surface area contributed by atoms with Gasteiger partial charge in [-0.25, -0.2) is 0 Å². The van der Waals surface area contributed by atoms with Crippen LogP contribution in [0.4, 0.5) is 17.1 Å². The van der Waals surface area contributed by atoms with Crippen LogP contribution >= 0.6 is 0 Å². The Morgan fingerprint density at radius 2 is 1.56 bits per heavy atom.